The lowest BCUT2D eigenvalue weighted by Gasteiger charge is -2.20. The molecule has 26 heavy (non-hydrogen) atoms. The Morgan fingerprint density at radius 3 is 2.81 bits per heavy atom. The van der Waals surface area contributed by atoms with Gasteiger partial charge in [-0.15, -0.1) is 11.3 Å². The number of amides is 4. The predicted octanol–water partition coefficient (Wildman–Crippen LogP) is 2.16. The van der Waals surface area contributed by atoms with E-state index in [2.05, 4.69) is 16.7 Å². The summed E-state index contributed by atoms with van der Waals surface area (Å²) in [5.74, 6) is -0.643. The lowest BCUT2D eigenvalue weighted by Crippen LogP contribution is -2.46. The second kappa shape index (κ2) is 6.09. The summed E-state index contributed by atoms with van der Waals surface area (Å²) >= 11 is 1.43. The number of carbonyl (C=O) groups excluding carboxylic acids is 3. The average Bonchev–Trinajstić information content (AvgIpc) is 3.37. The van der Waals surface area contributed by atoms with Crippen molar-refractivity contribution in [2.75, 3.05) is 11.9 Å². The standard InChI is InChI=1S/C18H20N4O3S/c1-18(10-6-7-10)16(24)22(17(25)21-18)9-14(23)20-15-12(8-19)11-4-2-3-5-13(11)26-15/h10H,2-7,9H2,1H3,(H,20,23)(H,21,25). The van der Waals surface area contributed by atoms with Crippen molar-refractivity contribution >= 4 is 34.2 Å². The number of aryl methyl sites for hydroxylation is 1. The highest BCUT2D eigenvalue weighted by Crippen LogP contribution is 2.42. The van der Waals surface area contributed by atoms with Crippen LogP contribution in [-0.4, -0.2) is 34.8 Å². The molecule has 1 aromatic rings. The molecule has 1 aromatic heterocycles. The van der Waals surface area contributed by atoms with Crippen LogP contribution in [0.3, 0.4) is 0 Å². The van der Waals surface area contributed by atoms with Gasteiger partial charge in [0.2, 0.25) is 5.91 Å². The van der Waals surface area contributed by atoms with Crippen LogP contribution in [0.5, 0.6) is 0 Å². The zero-order valence-corrected chi connectivity index (χ0v) is 15.4. The maximum Gasteiger partial charge on any atom is 0.325 e. The van der Waals surface area contributed by atoms with Gasteiger partial charge in [0.25, 0.3) is 5.91 Å². The molecule has 8 heteroatoms. The van der Waals surface area contributed by atoms with Crippen LogP contribution in [0.25, 0.3) is 0 Å². The van der Waals surface area contributed by atoms with E-state index in [4.69, 9.17) is 0 Å². The maximum atomic E-state index is 12.6. The number of thiophene rings is 1. The highest BCUT2D eigenvalue weighted by Gasteiger charge is 2.56. The lowest BCUT2D eigenvalue weighted by molar-refractivity contribution is -0.134. The first-order valence-electron chi connectivity index (χ1n) is 8.92. The summed E-state index contributed by atoms with van der Waals surface area (Å²) in [6.45, 7) is 1.39. The number of urea groups is 1. The van der Waals surface area contributed by atoms with E-state index in [1.165, 1.54) is 11.3 Å². The summed E-state index contributed by atoms with van der Waals surface area (Å²) in [5, 5.41) is 15.5. The first kappa shape index (κ1) is 17.0. The number of imide groups is 1. The lowest BCUT2D eigenvalue weighted by atomic mass is 9.96. The molecule has 0 bridgehead atoms. The van der Waals surface area contributed by atoms with Crippen molar-refractivity contribution in [2.45, 2.75) is 51.0 Å². The average molecular weight is 372 g/mol. The topological polar surface area (TPSA) is 102 Å². The molecule has 2 aliphatic carbocycles. The number of carbonyl (C=O) groups is 3. The number of hydrogen-bond acceptors (Lipinski definition) is 5. The van der Waals surface area contributed by atoms with Crippen LogP contribution < -0.4 is 10.6 Å². The Labute approximate surface area is 155 Å². The van der Waals surface area contributed by atoms with Crippen molar-refractivity contribution in [2.24, 2.45) is 5.92 Å². The van der Waals surface area contributed by atoms with Crippen LogP contribution in [0.1, 0.15) is 48.6 Å². The molecule has 1 aliphatic heterocycles. The molecular weight excluding hydrogens is 352 g/mol. The Kier molecular flexibility index (Phi) is 3.99. The first-order valence-corrected chi connectivity index (χ1v) is 9.74. The molecule has 2 heterocycles. The number of rotatable bonds is 4. The van der Waals surface area contributed by atoms with Crippen molar-refractivity contribution < 1.29 is 14.4 Å². The summed E-state index contributed by atoms with van der Waals surface area (Å²) in [5.41, 5.74) is 0.672. The van der Waals surface area contributed by atoms with E-state index in [9.17, 15) is 19.6 Å². The molecule has 4 amide bonds. The fraction of sp³-hybridized carbons (Fsp3) is 0.556. The minimum absolute atomic E-state index is 0.154. The number of nitrogens with zero attached hydrogens (tertiary/aromatic N) is 2. The molecule has 1 unspecified atom stereocenters. The summed E-state index contributed by atoms with van der Waals surface area (Å²) in [7, 11) is 0. The van der Waals surface area contributed by atoms with Gasteiger partial charge in [-0.05, 0) is 56.9 Å². The Bertz CT molecular complexity index is 851. The number of nitriles is 1. The highest BCUT2D eigenvalue weighted by molar-refractivity contribution is 7.16. The van der Waals surface area contributed by atoms with Crippen LogP contribution in [0.4, 0.5) is 9.80 Å². The Morgan fingerprint density at radius 1 is 1.38 bits per heavy atom. The van der Waals surface area contributed by atoms with E-state index in [0.717, 1.165) is 53.9 Å². The van der Waals surface area contributed by atoms with Crippen molar-refractivity contribution in [3.63, 3.8) is 0 Å². The normalized spacial score (nSPS) is 24.8. The summed E-state index contributed by atoms with van der Waals surface area (Å²) in [6.07, 6.45) is 5.75. The summed E-state index contributed by atoms with van der Waals surface area (Å²) < 4.78 is 0. The Hall–Kier alpha value is -2.40. The molecule has 1 saturated heterocycles. The van der Waals surface area contributed by atoms with Gasteiger partial charge in [-0.25, -0.2) is 4.79 Å². The fourth-order valence-electron chi connectivity index (χ4n) is 3.88. The fourth-order valence-corrected chi connectivity index (χ4v) is 5.13. The van der Waals surface area contributed by atoms with E-state index >= 15 is 0 Å². The largest absolute Gasteiger partial charge is 0.325 e. The van der Waals surface area contributed by atoms with Gasteiger partial charge in [-0.2, -0.15) is 5.26 Å². The van der Waals surface area contributed by atoms with Crippen LogP contribution in [0, 0.1) is 17.2 Å². The van der Waals surface area contributed by atoms with Gasteiger partial charge in [-0.3, -0.25) is 14.5 Å². The molecule has 0 radical (unpaired) electrons. The van der Waals surface area contributed by atoms with E-state index < -0.39 is 17.5 Å². The molecule has 1 saturated carbocycles. The van der Waals surface area contributed by atoms with Gasteiger partial charge in [-0.1, -0.05) is 0 Å². The second-order valence-corrected chi connectivity index (χ2v) is 8.48. The molecule has 0 aromatic carbocycles. The monoisotopic (exact) mass is 372 g/mol. The van der Waals surface area contributed by atoms with Crippen LogP contribution in [0.2, 0.25) is 0 Å². The SMILES string of the molecule is CC1(C2CC2)NC(=O)N(CC(=O)Nc2sc3c(c2C#N)CCCC3)C1=O. The minimum Gasteiger partial charge on any atom is -0.323 e. The molecule has 2 N–H and O–H groups in total. The molecule has 1 atom stereocenters. The van der Waals surface area contributed by atoms with Gasteiger partial charge >= 0.3 is 6.03 Å². The molecule has 4 rings (SSSR count). The maximum absolute atomic E-state index is 12.6. The third-order valence-electron chi connectivity index (χ3n) is 5.53. The zero-order valence-electron chi connectivity index (χ0n) is 14.6. The van der Waals surface area contributed by atoms with Crippen molar-refractivity contribution in [3.8, 4) is 6.07 Å². The molecule has 136 valence electrons. The van der Waals surface area contributed by atoms with Crippen molar-refractivity contribution in [3.05, 3.63) is 16.0 Å². The third-order valence-corrected chi connectivity index (χ3v) is 6.74. The van der Waals surface area contributed by atoms with Crippen molar-refractivity contribution in [1.82, 2.24) is 10.2 Å². The molecule has 7 nitrogen and oxygen atoms in total. The summed E-state index contributed by atoms with van der Waals surface area (Å²) in [6, 6.07) is 1.67. The number of hydrogen-bond donors (Lipinski definition) is 2. The molecule has 3 aliphatic rings. The van der Waals surface area contributed by atoms with Gasteiger partial charge in [0.15, 0.2) is 0 Å². The summed E-state index contributed by atoms with van der Waals surface area (Å²) in [4.78, 5) is 39.4. The number of fused-ring (bicyclic) bond motifs is 1. The number of nitrogens with one attached hydrogen (secondary N) is 2. The highest BCUT2D eigenvalue weighted by atomic mass is 32.1. The van der Waals surface area contributed by atoms with E-state index in [-0.39, 0.29) is 18.4 Å². The van der Waals surface area contributed by atoms with Crippen LogP contribution >= 0.6 is 11.3 Å². The van der Waals surface area contributed by atoms with Gasteiger partial charge in [0, 0.05) is 4.88 Å². The molecular formula is C18H20N4O3S. The Morgan fingerprint density at radius 2 is 2.12 bits per heavy atom. The van der Waals surface area contributed by atoms with Gasteiger partial charge in [0.05, 0.1) is 5.56 Å². The van der Waals surface area contributed by atoms with Crippen LogP contribution in [0.15, 0.2) is 0 Å². The second-order valence-electron chi connectivity index (χ2n) is 7.37. The quantitative estimate of drug-likeness (QED) is 0.791. The zero-order chi connectivity index (χ0) is 18.5. The predicted molar refractivity (Wildman–Crippen MR) is 95.7 cm³/mol. The smallest absolute Gasteiger partial charge is 0.323 e. The van der Waals surface area contributed by atoms with Gasteiger partial charge in [0.1, 0.15) is 23.2 Å². The van der Waals surface area contributed by atoms with Crippen LogP contribution in [-0.2, 0) is 22.4 Å². The minimum atomic E-state index is -0.892. The van der Waals surface area contributed by atoms with Crippen molar-refractivity contribution in [1.29, 1.82) is 5.26 Å². The van der Waals surface area contributed by atoms with E-state index in [0.29, 0.717) is 10.6 Å². The molecule has 0 spiro atoms. The van der Waals surface area contributed by atoms with Gasteiger partial charge < -0.3 is 10.6 Å². The Balaban J connectivity index is 1.48. The van der Waals surface area contributed by atoms with E-state index in [1.807, 2.05) is 0 Å². The third kappa shape index (κ3) is 2.67. The molecule has 2 fully saturated rings. The number of anilines is 1. The first-order chi connectivity index (χ1) is 12.4. The van der Waals surface area contributed by atoms with E-state index in [1.54, 1.807) is 6.92 Å².